The Kier molecular flexibility index (Phi) is 5.45. The van der Waals surface area contributed by atoms with Crippen molar-refractivity contribution < 1.29 is 14.5 Å². The van der Waals surface area contributed by atoms with Crippen molar-refractivity contribution in [3.8, 4) is 11.8 Å². The number of fused-ring (bicyclic) bond motifs is 1. The van der Waals surface area contributed by atoms with Crippen molar-refractivity contribution in [2.45, 2.75) is 12.5 Å². The SMILES string of the molecule is CCOC1(C(C#Cc2ccccc2)C[N+](=O)[O-])C(=O)Nc2ccc(Cl)cc21. The number of benzene rings is 2. The average molecular weight is 385 g/mol. The molecule has 0 bridgehead atoms. The minimum absolute atomic E-state index is 0.181. The fourth-order valence-corrected chi connectivity index (χ4v) is 3.38. The molecule has 1 N–H and O–H groups in total. The van der Waals surface area contributed by atoms with E-state index in [0.717, 1.165) is 0 Å². The Bertz CT molecular complexity index is 936. The molecule has 0 aromatic heterocycles. The number of hydrogen-bond donors (Lipinski definition) is 1. The predicted molar refractivity (Wildman–Crippen MR) is 102 cm³/mol. The monoisotopic (exact) mass is 384 g/mol. The zero-order chi connectivity index (χ0) is 19.4. The van der Waals surface area contributed by atoms with E-state index in [4.69, 9.17) is 16.3 Å². The summed E-state index contributed by atoms with van der Waals surface area (Å²) in [6.45, 7) is 1.37. The Labute approximate surface area is 161 Å². The zero-order valence-electron chi connectivity index (χ0n) is 14.6. The van der Waals surface area contributed by atoms with Crippen LogP contribution in [0.2, 0.25) is 5.02 Å². The molecule has 2 aromatic carbocycles. The van der Waals surface area contributed by atoms with Crippen LogP contribution in [0.4, 0.5) is 5.69 Å². The Morgan fingerprint density at radius 1 is 1.30 bits per heavy atom. The van der Waals surface area contributed by atoms with Gasteiger partial charge in [0.05, 0.1) is 0 Å². The number of hydrogen-bond acceptors (Lipinski definition) is 4. The first-order valence-corrected chi connectivity index (χ1v) is 8.79. The van der Waals surface area contributed by atoms with Crippen molar-refractivity contribution >= 4 is 23.2 Å². The third-order valence-electron chi connectivity index (χ3n) is 4.33. The van der Waals surface area contributed by atoms with Crippen LogP contribution in [0.25, 0.3) is 0 Å². The van der Waals surface area contributed by atoms with E-state index < -0.39 is 28.9 Å². The first-order valence-electron chi connectivity index (χ1n) is 8.41. The highest BCUT2D eigenvalue weighted by Crippen LogP contribution is 2.45. The number of nitro groups is 1. The van der Waals surface area contributed by atoms with E-state index in [9.17, 15) is 14.9 Å². The van der Waals surface area contributed by atoms with Gasteiger partial charge in [0.25, 0.3) is 5.91 Å². The van der Waals surface area contributed by atoms with Crippen molar-refractivity contribution in [1.29, 1.82) is 0 Å². The van der Waals surface area contributed by atoms with Crippen molar-refractivity contribution in [2.75, 3.05) is 18.5 Å². The van der Waals surface area contributed by atoms with Gasteiger partial charge in [-0.1, -0.05) is 41.6 Å². The number of halogens is 1. The molecule has 0 saturated heterocycles. The van der Waals surface area contributed by atoms with E-state index in [1.807, 2.05) is 18.2 Å². The van der Waals surface area contributed by atoms with Crippen LogP contribution in [0.3, 0.4) is 0 Å². The lowest BCUT2D eigenvalue weighted by molar-refractivity contribution is -0.489. The number of carbonyl (C=O) groups is 1. The lowest BCUT2D eigenvalue weighted by Gasteiger charge is -2.30. The number of ether oxygens (including phenoxy) is 1. The Hall–Kier alpha value is -2.88. The van der Waals surface area contributed by atoms with Crippen molar-refractivity contribution in [1.82, 2.24) is 0 Å². The number of nitrogens with one attached hydrogen (secondary N) is 1. The third kappa shape index (κ3) is 3.65. The quantitative estimate of drug-likeness (QED) is 0.486. The van der Waals surface area contributed by atoms with E-state index in [1.165, 1.54) is 0 Å². The smallest absolute Gasteiger partial charge is 0.262 e. The maximum atomic E-state index is 12.9. The molecule has 0 radical (unpaired) electrons. The van der Waals surface area contributed by atoms with Crippen LogP contribution in [0.5, 0.6) is 0 Å². The first kappa shape index (κ1) is 18.9. The van der Waals surface area contributed by atoms with Gasteiger partial charge in [-0.3, -0.25) is 14.9 Å². The third-order valence-corrected chi connectivity index (χ3v) is 4.56. The van der Waals surface area contributed by atoms with Gasteiger partial charge in [0.2, 0.25) is 6.54 Å². The Morgan fingerprint density at radius 3 is 2.70 bits per heavy atom. The summed E-state index contributed by atoms with van der Waals surface area (Å²) in [5, 5.41) is 14.5. The van der Waals surface area contributed by atoms with Crippen LogP contribution in [-0.2, 0) is 15.1 Å². The van der Waals surface area contributed by atoms with Crippen LogP contribution in [0, 0.1) is 27.9 Å². The van der Waals surface area contributed by atoms with Gasteiger partial charge in [0.1, 0.15) is 5.92 Å². The van der Waals surface area contributed by atoms with Gasteiger partial charge in [-0.15, -0.1) is 0 Å². The molecule has 2 aromatic rings. The van der Waals surface area contributed by atoms with Gasteiger partial charge in [-0.2, -0.15) is 0 Å². The predicted octanol–water partition coefficient (Wildman–Crippen LogP) is 3.47. The molecule has 7 heteroatoms. The maximum absolute atomic E-state index is 12.9. The molecular formula is C20H17ClN2O4. The number of rotatable bonds is 5. The second-order valence-electron chi connectivity index (χ2n) is 6.02. The topological polar surface area (TPSA) is 81.5 Å². The molecular weight excluding hydrogens is 368 g/mol. The number of nitrogens with zero attached hydrogens (tertiary/aromatic N) is 1. The molecule has 0 fully saturated rings. The van der Waals surface area contributed by atoms with Crippen LogP contribution in [0.15, 0.2) is 48.5 Å². The summed E-state index contributed by atoms with van der Waals surface area (Å²) < 4.78 is 5.86. The molecule has 0 saturated carbocycles. The largest absolute Gasteiger partial charge is 0.359 e. The number of carbonyl (C=O) groups excluding carboxylic acids is 1. The van der Waals surface area contributed by atoms with E-state index in [-0.39, 0.29) is 6.61 Å². The van der Waals surface area contributed by atoms with Gasteiger partial charge in [-0.25, -0.2) is 0 Å². The van der Waals surface area contributed by atoms with Crippen molar-refractivity contribution in [2.24, 2.45) is 5.92 Å². The Morgan fingerprint density at radius 2 is 2.04 bits per heavy atom. The van der Waals surface area contributed by atoms with E-state index in [0.29, 0.717) is 21.8 Å². The summed E-state index contributed by atoms with van der Waals surface area (Å²) in [5.74, 6) is 4.36. The Balaban J connectivity index is 2.15. The second kappa shape index (κ2) is 7.78. The van der Waals surface area contributed by atoms with Gasteiger partial charge >= 0.3 is 0 Å². The summed E-state index contributed by atoms with van der Waals surface area (Å²) in [6.07, 6.45) is 0. The van der Waals surface area contributed by atoms with Crippen molar-refractivity contribution in [3.05, 3.63) is 74.8 Å². The highest BCUT2D eigenvalue weighted by atomic mass is 35.5. The van der Waals surface area contributed by atoms with Crippen LogP contribution >= 0.6 is 11.6 Å². The molecule has 0 spiro atoms. The molecule has 27 heavy (non-hydrogen) atoms. The molecule has 0 aliphatic carbocycles. The van der Waals surface area contributed by atoms with Gasteiger partial charge in [0, 0.05) is 33.4 Å². The number of amides is 1. The molecule has 2 atom stereocenters. The minimum Gasteiger partial charge on any atom is -0.359 e. The van der Waals surface area contributed by atoms with Crippen LogP contribution in [0.1, 0.15) is 18.1 Å². The summed E-state index contributed by atoms with van der Waals surface area (Å²) in [4.78, 5) is 23.8. The molecule has 1 aliphatic heterocycles. The van der Waals surface area contributed by atoms with Gasteiger partial charge < -0.3 is 10.1 Å². The average Bonchev–Trinajstić information content (AvgIpc) is 2.92. The van der Waals surface area contributed by atoms with Gasteiger partial charge in [-0.05, 0) is 37.3 Å². The fourth-order valence-electron chi connectivity index (χ4n) is 3.20. The summed E-state index contributed by atoms with van der Waals surface area (Å²) in [7, 11) is 0. The molecule has 1 aliphatic rings. The summed E-state index contributed by atoms with van der Waals surface area (Å²) in [6, 6.07) is 14.0. The first-order chi connectivity index (χ1) is 13.0. The normalized spacial score (nSPS) is 18.8. The molecule has 2 unspecified atom stereocenters. The molecule has 1 heterocycles. The van der Waals surface area contributed by atoms with E-state index in [1.54, 1.807) is 37.3 Å². The summed E-state index contributed by atoms with van der Waals surface area (Å²) >= 11 is 6.12. The summed E-state index contributed by atoms with van der Waals surface area (Å²) in [5.41, 5.74) is 0.0927. The van der Waals surface area contributed by atoms with Crippen LogP contribution < -0.4 is 5.32 Å². The van der Waals surface area contributed by atoms with E-state index in [2.05, 4.69) is 17.2 Å². The fraction of sp³-hybridized carbons (Fsp3) is 0.250. The van der Waals surface area contributed by atoms with Crippen LogP contribution in [-0.4, -0.2) is 24.0 Å². The lowest BCUT2D eigenvalue weighted by atomic mass is 9.81. The molecule has 6 nitrogen and oxygen atoms in total. The number of anilines is 1. The highest BCUT2D eigenvalue weighted by Gasteiger charge is 2.55. The van der Waals surface area contributed by atoms with Gasteiger partial charge in [0.15, 0.2) is 5.60 Å². The van der Waals surface area contributed by atoms with E-state index >= 15 is 0 Å². The second-order valence-corrected chi connectivity index (χ2v) is 6.45. The highest BCUT2D eigenvalue weighted by molar-refractivity contribution is 6.31. The minimum atomic E-state index is -1.59. The lowest BCUT2D eigenvalue weighted by Crippen LogP contribution is -2.46. The molecule has 1 amide bonds. The standard InChI is InChI=1S/C20H17ClN2O4/c1-2-27-20(17-12-16(21)10-11-18(17)22-19(20)24)15(13-23(25)26)9-8-14-6-4-3-5-7-14/h3-7,10-12,15H,2,13H2,1H3,(H,22,24). The maximum Gasteiger partial charge on any atom is 0.262 e. The zero-order valence-corrected chi connectivity index (χ0v) is 15.3. The molecule has 138 valence electrons. The molecule has 3 rings (SSSR count). The van der Waals surface area contributed by atoms with Crippen molar-refractivity contribution in [3.63, 3.8) is 0 Å².